The van der Waals surface area contributed by atoms with Crippen molar-refractivity contribution in [2.45, 2.75) is 40.0 Å². The van der Waals surface area contributed by atoms with Gasteiger partial charge in [0.25, 0.3) is 0 Å². The second-order valence-electron chi connectivity index (χ2n) is 5.12. The van der Waals surface area contributed by atoms with E-state index in [1.807, 2.05) is 0 Å². The standard InChI is InChI=1S/C12H18O/c1-8-6-9-4-5-10(13)7-11(9)12(8,2)3/h6,9,11H,4-5,7H2,1-3H3/t9-,11-/m1/s1. The second kappa shape index (κ2) is 2.70. The van der Waals surface area contributed by atoms with Crippen LogP contribution < -0.4 is 0 Å². The maximum absolute atomic E-state index is 11.4. The number of ketones is 1. The van der Waals surface area contributed by atoms with E-state index in [-0.39, 0.29) is 5.41 Å². The van der Waals surface area contributed by atoms with Crippen molar-refractivity contribution in [1.82, 2.24) is 0 Å². The van der Waals surface area contributed by atoms with Gasteiger partial charge in [-0.15, -0.1) is 0 Å². The SMILES string of the molecule is CC1=C[C@H]2CCC(=O)C[C@H]2C1(C)C. The van der Waals surface area contributed by atoms with Crippen LogP contribution in [0.1, 0.15) is 40.0 Å². The van der Waals surface area contributed by atoms with Gasteiger partial charge in [-0.05, 0) is 30.6 Å². The third-order valence-corrected chi connectivity index (χ3v) is 4.13. The van der Waals surface area contributed by atoms with Gasteiger partial charge in [0.2, 0.25) is 0 Å². The topological polar surface area (TPSA) is 17.1 Å². The molecular weight excluding hydrogens is 160 g/mol. The van der Waals surface area contributed by atoms with E-state index >= 15 is 0 Å². The van der Waals surface area contributed by atoms with Crippen LogP contribution in [0, 0.1) is 17.3 Å². The van der Waals surface area contributed by atoms with Gasteiger partial charge in [-0.2, -0.15) is 0 Å². The number of hydrogen-bond donors (Lipinski definition) is 0. The van der Waals surface area contributed by atoms with Crippen molar-refractivity contribution in [3.8, 4) is 0 Å². The minimum Gasteiger partial charge on any atom is -0.300 e. The number of hydrogen-bond acceptors (Lipinski definition) is 1. The van der Waals surface area contributed by atoms with Gasteiger partial charge in [-0.3, -0.25) is 4.79 Å². The van der Waals surface area contributed by atoms with Crippen LogP contribution in [0.15, 0.2) is 11.6 Å². The van der Waals surface area contributed by atoms with E-state index in [4.69, 9.17) is 0 Å². The van der Waals surface area contributed by atoms with Gasteiger partial charge in [0, 0.05) is 12.8 Å². The molecule has 72 valence electrons. The largest absolute Gasteiger partial charge is 0.300 e. The molecule has 0 radical (unpaired) electrons. The molecule has 0 unspecified atom stereocenters. The van der Waals surface area contributed by atoms with Crippen LogP contribution in [0.4, 0.5) is 0 Å². The predicted molar refractivity (Wildman–Crippen MR) is 53.4 cm³/mol. The van der Waals surface area contributed by atoms with Gasteiger partial charge in [-0.25, -0.2) is 0 Å². The van der Waals surface area contributed by atoms with Crippen molar-refractivity contribution in [2.24, 2.45) is 17.3 Å². The van der Waals surface area contributed by atoms with Crippen molar-refractivity contribution < 1.29 is 4.79 Å². The van der Waals surface area contributed by atoms with E-state index in [9.17, 15) is 4.79 Å². The van der Waals surface area contributed by atoms with E-state index in [0.717, 1.165) is 19.3 Å². The fourth-order valence-corrected chi connectivity index (χ4v) is 2.85. The molecule has 1 saturated carbocycles. The molecule has 0 heterocycles. The summed E-state index contributed by atoms with van der Waals surface area (Å²) in [7, 11) is 0. The van der Waals surface area contributed by atoms with Crippen LogP contribution in [0.2, 0.25) is 0 Å². The number of rotatable bonds is 0. The Hall–Kier alpha value is -0.590. The minimum atomic E-state index is 0.265. The Kier molecular flexibility index (Phi) is 1.86. The smallest absolute Gasteiger partial charge is 0.133 e. The van der Waals surface area contributed by atoms with Crippen LogP contribution in [-0.2, 0) is 4.79 Å². The second-order valence-corrected chi connectivity index (χ2v) is 5.12. The third kappa shape index (κ3) is 1.25. The van der Waals surface area contributed by atoms with Gasteiger partial charge in [0.05, 0.1) is 0 Å². The predicted octanol–water partition coefficient (Wildman–Crippen LogP) is 2.96. The summed E-state index contributed by atoms with van der Waals surface area (Å²) in [4.78, 5) is 11.4. The van der Waals surface area contributed by atoms with Crippen molar-refractivity contribution in [3.63, 3.8) is 0 Å². The fourth-order valence-electron chi connectivity index (χ4n) is 2.85. The van der Waals surface area contributed by atoms with Crippen LogP contribution in [0.5, 0.6) is 0 Å². The molecule has 1 heteroatoms. The molecule has 0 N–H and O–H groups in total. The lowest BCUT2D eigenvalue weighted by Gasteiger charge is -2.35. The van der Waals surface area contributed by atoms with Crippen LogP contribution in [0.3, 0.4) is 0 Å². The molecule has 1 fully saturated rings. The summed E-state index contributed by atoms with van der Waals surface area (Å²) in [6.45, 7) is 6.77. The lowest BCUT2D eigenvalue weighted by molar-refractivity contribution is -0.123. The molecule has 0 aromatic carbocycles. The highest BCUT2D eigenvalue weighted by atomic mass is 16.1. The van der Waals surface area contributed by atoms with Gasteiger partial charge in [0.1, 0.15) is 5.78 Å². The number of allylic oxidation sites excluding steroid dienone is 2. The molecule has 0 saturated heterocycles. The highest BCUT2D eigenvalue weighted by molar-refractivity contribution is 5.80. The van der Waals surface area contributed by atoms with Gasteiger partial charge >= 0.3 is 0 Å². The first-order chi connectivity index (χ1) is 6.01. The van der Waals surface area contributed by atoms with E-state index < -0.39 is 0 Å². The molecule has 0 spiro atoms. The molecular formula is C12H18O. The Morgan fingerprint density at radius 3 is 2.85 bits per heavy atom. The quantitative estimate of drug-likeness (QED) is 0.521. The van der Waals surface area contributed by atoms with Crippen LogP contribution in [0.25, 0.3) is 0 Å². The first-order valence-electron chi connectivity index (χ1n) is 5.22. The molecule has 0 amide bonds. The summed E-state index contributed by atoms with van der Waals surface area (Å²) in [6.07, 6.45) is 5.11. The summed E-state index contributed by atoms with van der Waals surface area (Å²) < 4.78 is 0. The van der Waals surface area contributed by atoms with E-state index in [1.165, 1.54) is 5.57 Å². The van der Waals surface area contributed by atoms with E-state index in [1.54, 1.807) is 0 Å². The molecule has 2 atom stereocenters. The lowest BCUT2D eigenvalue weighted by Crippen LogP contribution is -2.31. The van der Waals surface area contributed by atoms with Gasteiger partial charge in [0.15, 0.2) is 0 Å². The average Bonchev–Trinajstić information content (AvgIpc) is 2.27. The first kappa shape index (κ1) is 8.98. The number of Topliss-reactive ketones (excluding diaryl/α,β-unsaturated/α-hetero) is 1. The lowest BCUT2D eigenvalue weighted by atomic mass is 9.69. The summed E-state index contributed by atoms with van der Waals surface area (Å²) in [5, 5.41) is 0. The van der Waals surface area contributed by atoms with Gasteiger partial charge < -0.3 is 0 Å². The summed E-state index contributed by atoms with van der Waals surface area (Å²) in [5.41, 5.74) is 1.75. The minimum absolute atomic E-state index is 0.265. The summed E-state index contributed by atoms with van der Waals surface area (Å²) >= 11 is 0. The Bertz CT molecular complexity index is 273. The highest BCUT2D eigenvalue weighted by Gasteiger charge is 2.44. The molecule has 0 aromatic rings. The van der Waals surface area contributed by atoms with Crippen LogP contribution in [-0.4, -0.2) is 5.78 Å². The zero-order chi connectivity index (χ0) is 9.64. The normalized spacial score (nSPS) is 37.2. The van der Waals surface area contributed by atoms with Crippen LogP contribution >= 0.6 is 0 Å². The molecule has 0 aliphatic heterocycles. The molecule has 13 heavy (non-hydrogen) atoms. The van der Waals surface area contributed by atoms with Crippen molar-refractivity contribution in [2.75, 3.05) is 0 Å². The zero-order valence-electron chi connectivity index (χ0n) is 8.76. The summed E-state index contributed by atoms with van der Waals surface area (Å²) in [6, 6.07) is 0. The Morgan fingerprint density at radius 2 is 2.15 bits per heavy atom. The Labute approximate surface area is 80.2 Å². The molecule has 0 bridgehead atoms. The molecule has 2 rings (SSSR count). The monoisotopic (exact) mass is 178 g/mol. The molecule has 2 aliphatic carbocycles. The molecule has 2 aliphatic rings. The summed E-state index contributed by atoms with van der Waals surface area (Å²) in [5.74, 6) is 1.75. The van der Waals surface area contributed by atoms with Gasteiger partial charge in [-0.1, -0.05) is 25.5 Å². The molecule has 0 aromatic heterocycles. The average molecular weight is 178 g/mol. The maximum Gasteiger partial charge on any atom is 0.133 e. The van der Waals surface area contributed by atoms with Crippen molar-refractivity contribution in [1.29, 1.82) is 0 Å². The number of carbonyl (C=O) groups is 1. The first-order valence-corrected chi connectivity index (χ1v) is 5.22. The van der Waals surface area contributed by atoms with E-state index in [0.29, 0.717) is 17.6 Å². The van der Waals surface area contributed by atoms with Crippen molar-refractivity contribution in [3.05, 3.63) is 11.6 Å². The fraction of sp³-hybridized carbons (Fsp3) is 0.750. The number of fused-ring (bicyclic) bond motifs is 1. The van der Waals surface area contributed by atoms with E-state index in [2.05, 4.69) is 26.8 Å². The Balaban J connectivity index is 2.26. The zero-order valence-corrected chi connectivity index (χ0v) is 8.76. The van der Waals surface area contributed by atoms with Crippen molar-refractivity contribution >= 4 is 5.78 Å². The third-order valence-electron chi connectivity index (χ3n) is 4.13. The maximum atomic E-state index is 11.4. The Morgan fingerprint density at radius 1 is 1.46 bits per heavy atom. The molecule has 1 nitrogen and oxygen atoms in total. The number of carbonyl (C=O) groups excluding carboxylic acids is 1. The highest BCUT2D eigenvalue weighted by Crippen LogP contribution is 2.51.